The van der Waals surface area contributed by atoms with Gasteiger partial charge in [-0.15, -0.1) is 0 Å². The average Bonchev–Trinajstić information content (AvgIpc) is 2.31. The SMILES string of the molecule is CNc1ncc(F)c(-c2c(F)cccc2F)n1. The minimum absolute atomic E-state index is 0.0871. The van der Waals surface area contributed by atoms with Gasteiger partial charge in [-0.3, -0.25) is 0 Å². The molecule has 6 heteroatoms. The highest BCUT2D eigenvalue weighted by Gasteiger charge is 2.17. The molecular weight excluding hydrogens is 231 g/mol. The molecule has 0 fully saturated rings. The first-order chi connectivity index (χ1) is 8.13. The summed E-state index contributed by atoms with van der Waals surface area (Å²) in [6.45, 7) is 0. The zero-order valence-corrected chi connectivity index (χ0v) is 8.84. The Morgan fingerprint density at radius 3 is 2.29 bits per heavy atom. The first-order valence-electron chi connectivity index (χ1n) is 4.78. The number of nitrogens with zero attached hydrogens (tertiary/aromatic N) is 2. The maximum Gasteiger partial charge on any atom is 0.223 e. The van der Waals surface area contributed by atoms with Crippen molar-refractivity contribution in [3.63, 3.8) is 0 Å². The van der Waals surface area contributed by atoms with Crippen LogP contribution in [0.15, 0.2) is 24.4 Å². The zero-order valence-electron chi connectivity index (χ0n) is 8.84. The second-order valence-corrected chi connectivity index (χ2v) is 3.24. The molecule has 0 radical (unpaired) electrons. The van der Waals surface area contributed by atoms with E-state index in [0.717, 1.165) is 18.3 Å². The fourth-order valence-electron chi connectivity index (χ4n) is 1.39. The first kappa shape index (κ1) is 11.4. The highest BCUT2D eigenvalue weighted by Crippen LogP contribution is 2.26. The molecule has 0 unspecified atom stereocenters. The van der Waals surface area contributed by atoms with E-state index in [9.17, 15) is 13.2 Å². The summed E-state index contributed by atoms with van der Waals surface area (Å²) in [5.41, 5.74) is -0.899. The Kier molecular flexibility index (Phi) is 2.95. The van der Waals surface area contributed by atoms with Crippen LogP contribution in [0.4, 0.5) is 19.1 Å². The smallest absolute Gasteiger partial charge is 0.223 e. The number of aromatic nitrogens is 2. The monoisotopic (exact) mass is 239 g/mol. The van der Waals surface area contributed by atoms with Crippen molar-refractivity contribution in [2.24, 2.45) is 0 Å². The lowest BCUT2D eigenvalue weighted by Crippen LogP contribution is -2.02. The van der Waals surface area contributed by atoms with Crippen LogP contribution in [-0.2, 0) is 0 Å². The normalized spacial score (nSPS) is 10.4. The number of nitrogens with one attached hydrogen (secondary N) is 1. The predicted molar refractivity (Wildman–Crippen MR) is 56.9 cm³/mol. The second kappa shape index (κ2) is 4.40. The molecule has 1 aromatic carbocycles. The Balaban J connectivity index is 2.67. The molecule has 17 heavy (non-hydrogen) atoms. The largest absolute Gasteiger partial charge is 0.357 e. The highest BCUT2D eigenvalue weighted by atomic mass is 19.1. The van der Waals surface area contributed by atoms with Crippen LogP contribution in [0.25, 0.3) is 11.3 Å². The van der Waals surface area contributed by atoms with Gasteiger partial charge in [-0.25, -0.2) is 23.1 Å². The number of hydrogen-bond acceptors (Lipinski definition) is 3. The summed E-state index contributed by atoms with van der Waals surface area (Å²) in [4.78, 5) is 7.31. The minimum Gasteiger partial charge on any atom is -0.357 e. The molecule has 0 aliphatic carbocycles. The number of halogens is 3. The van der Waals surface area contributed by atoms with Gasteiger partial charge in [-0.2, -0.15) is 0 Å². The van der Waals surface area contributed by atoms with Gasteiger partial charge in [0.25, 0.3) is 0 Å². The van der Waals surface area contributed by atoms with Gasteiger partial charge < -0.3 is 5.32 Å². The lowest BCUT2D eigenvalue weighted by atomic mass is 10.1. The molecule has 0 saturated heterocycles. The van der Waals surface area contributed by atoms with E-state index >= 15 is 0 Å². The van der Waals surface area contributed by atoms with E-state index in [0.29, 0.717) is 0 Å². The molecule has 0 aliphatic rings. The predicted octanol–water partition coefficient (Wildman–Crippen LogP) is 2.60. The van der Waals surface area contributed by atoms with Crippen molar-refractivity contribution < 1.29 is 13.2 Å². The van der Waals surface area contributed by atoms with Crippen molar-refractivity contribution >= 4 is 5.95 Å². The number of anilines is 1. The summed E-state index contributed by atoms with van der Waals surface area (Å²) >= 11 is 0. The van der Waals surface area contributed by atoms with E-state index in [1.54, 1.807) is 0 Å². The summed E-state index contributed by atoms with van der Waals surface area (Å²) in [7, 11) is 1.52. The summed E-state index contributed by atoms with van der Waals surface area (Å²) < 4.78 is 40.4. The second-order valence-electron chi connectivity index (χ2n) is 3.24. The van der Waals surface area contributed by atoms with E-state index in [1.165, 1.54) is 13.1 Å². The summed E-state index contributed by atoms with van der Waals surface area (Å²) in [6, 6.07) is 3.28. The Hall–Kier alpha value is -2.11. The third-order valence-electron chi connectivity index (χ3n) is 2.17. The van der Waals surface area contributed by atoms with Crippen LogP contribution in [0.5, 0.6) is 0 Å². The van der Waals surface area contributed by atoms with Gasteiger partial charge in [0.1, 0.15) is 17.3 Å². The quantitative estimate of drug-likeness (QED) is 0.875. The van der Waals surface area contributed by atoms with Gasteiger partial charge in [0.2, 0.25) is 5.95 Å². The van der Waals surface area contributed by atoms with Crippen molar-refractivity contribution in [2.45, 2.75) is 0 Å². The molecule has 0 bridgehead atoms. The van der Waals surface area contributed by atoms with E-state index in [-0.39, 0.29) is 5.95 Å². The van der Waals surface area contributed by atoms with E-state index in [1.807, 2.05) is 0 Å². The average molecular weight is 239 g/mol. The Morgan fingerprint density at radius 2 is 1.71 bits per heavy atom. The zero-order chi connectivity index (χ0) is 12.4. The molecule has 0 aliphatic heterocycles. The van der Waals surface area contributed by atoms with Crippen molar-refractivity contribution in [2.75, 3.05) is 12.4 Å². The molecule has 0 atom stereocenters. The van der Waals surface area contributed by atoms with E-state index in [2.05, 4.69) is 15.3 Å². The van der Waals surface area contributed by atoms with Crippen LogP contribution in [0.1, 0.15) is 0 Å². The van der Waals surface area contributed by atoms with E-state index < -0.39 is 28.7 Å². The van der Waals surface area contributed by atoms with Crippen molar-refractivity contribution in [1.82, 2.24) is 9.97 Å². The molecule has 1 aromatic heterocycles. The number of rotatable bonds is 2. The van der Waals surface area contributed by atoms with Gasteiger partial charge in [-0.05, 0) is 12.1 Å². The number of hydrogen-bond donors (Lipinski definition) is 1. The van der Waals surface area contributed by atoms with Gasteiger partial charge >= 0.3 is 0 Å². The fraction of sp³-hybridized carbons (Fsp3) is 0.0909. The van der Waals surface area contributed by atoms with E-state index in [4.69, 9.17) is 0 Å². The third kappa shape index (κ3) is 2.06. The van der Waals surface area contributed by atoms with Crippen LogP contribution >= 0.6 is 0 Å². The molecular formula is C11H8F3N3. The fourth-order valence-corrected chi connectivity index (χ4v) is 1.39. The molecule has 88 valence electrons. The summed E-state index contributed by atoms with van der Waals surface area (Å²) in [6.07, 6.45) is 0.861. The molecule has 0 saturated carbocycles. The number of benzene rings is 1. The van der Waals surface area contributed by atoms with Gasteiger partial charge in [0.15, 0.2) is 5.82 Å². The Bertz CT molecular complexity index is 537. The molecule has 0 spiro atoms. The van der Waals surface area contributed by atoms with Crippen molar-refractivity contribution in [3.05, 3.63) is 41.8 Å². The van der Waals surface area contributed by atoms with Gasteiger partial charge in [0, 0.05) is 7.05 Å². The van der Waals surface area contributed by atoms with Crippen molar-refractivity contribution in [1.29, 1.82) is 0 Å². The van der Waals surface area contributed by atoms with Crippen LogP contribution in [-0.4, -0.2) is 17.0 Å². The van der Waals surface area contributed by atoms with Gasteiger partial charge in [-0.1, -0.05) is 6.07 Å². The lowest BCUT2D eigenvalue weighted by Gasteiger charge is -2.06. The highest BCUT2D eigenvalue weighted by molar-refractivity contribution is 5.62. The summed E-state index contributed by atoms with van der Waals surface area (Å²) in [5, 5.41) is 2.57. The molecule has 1 N–H and O–H groups in total. The van der Waals surface area contributed by atoms with Crippen LogP contribution < -0.4 is 5.32 Å². The van der Waals surface area contributed by atoms with Gasteiger partial charge in [0.05, 0.1) is 11.8 Å². The molecule has 2 rings (SSSR count). The minimum atomic E-state index is -0.881. The molecule has 2 aromatic rings. The molecule has 1 heterocycles. The van der Waals surface area contributed by atoms with Crippen LogP contribution in [0.3, 0.4) is 0 Å². The molecule has 0 amide bonds. The lowest BCUT2D eigenvalue weighted by molar-refractivity contribution is 0.577. The van der Waals surface area contributed by atoms with Crippen molar-refractivity contribution in [3.8, 4) is 11.3 Å². The Morgan fingerprint density at radius 1 is 1.06 bits per heavy atom. The molecule has 3 nitrogen and oxygen atoms in total. The standard InChI is InChI=1S/C11H8F3N3/c1-15-11-16-5-8(14)10(17-11)9-6(12)3-2-4-7(9)13/h2-5H,1H3,(H,15,16,17). The maximum atomic E-state index is 13.5. The topological polar surface area (TPSA) is 37.8 Å². The third-order valence-corrected chi connectivity index (χ3v) is 2.17. The van der Waals surface area contributed by atoms with Crippen LogP contribution in [0.2, 0.25) is 0 Å². The maximum absolute atomic E-state index is 13.5. The Labute approximate surface area is 95.3 Å². The first-order valence-corrected chi connectivity index (χ1v) is 4.78. The van der Waals surface area contributed by atoms with Crippen LogP contribution in [0, 0.1) is 17.5 Å². The summed E-state index contributed by atoms with van der Waals surface area (Å²) in [5.74, 6) is -2.54.